The molecular formula is C13H10ClFN2O3S. The van der Waals surface area contributed by atoms with Crippen LogP contribution in [0, 0.1) is 5.82 Å². The van der Waals surface area contributed by atoms with E-state index in [1.807, 2.05) is 0 Å². The first-order chi connectivity index (χ1) is 9.97. The van der Waals surface area contributed by atoms with Gasteiger partial charge in [-0.2, -0.15) is 0 Å². The number of hydrogen-bond donors (Lipinski definition) is 2. The van der Waals surface area contributed by atoms with Gasteiger partial charge in [0.15, 0.2) is 5.69 Å². The zero-order chi connectivity index (χ0) is 15.4. The largest absolute Gasteiger partial charge is 0.476 e. The highest BCUT2D eigenvalue weighted by Gasteiger charge is 2.13. The van der Waals surface area contributed by atoms with Gasteiger partial charge in [-0.25, -0.2) is 14.2 Å². The second kappa shape index (κ2) is 6.64. The Kier molecular flexibility index (Phi) is 4.87. The van der Waals surface area contributed by atoms with Crippen LogP contribution in [-0.4, -0.2) is 22.0 Å². The number of nitrogens with zero attached hydrogens (tertiary/aromatic N) is 1. The Morgan fingerprint density at radius 3 is 2.81 bits per heavy atom. The quantitative estimate of drug-likeness (QED) is 0.883. The van der Waals surface area contributed by atoms with Gasteiger partial charge in [-0.3, -0.25) is 4.79 Å². The van der Waals surface area contributed by atoms with Crippen molar-refractivity contribution in [2.75, 3.05) is 0 Å². The summed E-state index contributed by atoms with van der Waals surface area (Å²) in [4.78, 5) is 26.3. The van der Waals surface area contributed by atoms with E-state index < -0.39 is 17.7 Å². The van der Waals surface area contributed by atoms with Crippen LogP contribution in [0.3, 0.4) is 0 Å². The number of rotatable bonds is 5. The predicted octanol–water partition coefficient (Wildman–Crippen LogP) is 2.49. The molecule has 0 aliphatic carbocycles. The van der Waals surface area contributed by atoms with Gasteiger partial charge in [-0.05, 0) is 12.1 Å². The number of benzene rings is 1. The molecule has 1 amide bonds. The molecule has 0 aliphatic heterocycles. The zero-order valence-electron chi connectivity index (χ0n) is 10.6. The number of hydrogen-bond acceptors (Lipinski definition) is 4. The maximum atomic E-state index is 13.5. The summed E-state index contributed by atoms with van der Waals surface area (Å²) in [5, 5.41) is 13.3. The van der Waals surface area contributed by atoms with Gasteiger partial charge in [0.1, 0.15) is 10.8 Å². The lowest BCUT2D eigenvalue weighted by atomic mass is 10.1. The summed E-state index contributed by atoms with van der Waals surface area (Å²) in [6.07, 6.45) is -0.192. The third kappa shape index (κ3) is 3.99. The highest BCUT2D eigenvalue weighted by atomic mass is 35.5. The highest BCUT2D eigenvalue weighted by Crippen LogP contribution is 2.19. The zero-order valence-corrected chi connectivity index (χ0v) is 12.2. The van der Waals surface area contributed by atoms with Crippen molar-refractivity contribution in [3.63, 3.8) is 0 Å². The number of carbonyl (C=O) groups excluding carboxylic acids is 1. The molecule has 0 fully saturated rings. The molecule has 5 nitrogen and oxygen atoms in total. The predicted molar refractivity (Wildman–Crippen MR) is 76.0 cm³/mol. The van der Waals surface area contributed by atoms with Crippen molar-refractivity contribution in [1.29, 1.82) is 0 Å². The maximum Gasteiger partial charge on any atom is 0.355 e. The minimum Gasteiger partial charge on any atom is -0.476 e. The molecule has 2 aromatic rings. The number of aromatic nitrogens is 1. The molecule has 0 spiro atoms. The Bertz CT molecular complexity index is 670. The van der Waals surface area contributed by atoms with Crippen molar-refractivity contribution in [3.05, 3.63) is 50.7 Å². The number of aromatic carboxylic acids is 1. The van der Waals surface area contributed by atoms with Crippen LogP contribution in [0.25, 0.3) is 0 Å². The van der Waals surface area contributed by atoms with Gasteiger partial charge in [0.05, 0.1) is 13.0 Å². The van der Waals surface area contributed by atoms with Crippen molar-refractivity contribution in [1.82, 2.24) is 10.3 Å². The van der Waals surface area contributed by atoms with Crippen LogP contribution >= 0.6 is 22.9 Å². The van der Waals surface area contributed by atoms with Crippen LogP contribution in [-0.2, 0) is 17.8 Å². The minimum atomic E-state index is -1.12. The third-order valence-corrected chi connectivity index (χ3v) is 3.81. The SMILES string of the molecule is O=C(Cc1c(F)cccc1Cl)NCc1nc(C(=O)O)cs1. The normalized spacial score (nSPS) is 10.4. The molecule has 2 N–H and O–H groups in total. The van der Waals surface area contributed by atoms with Gasteiger partial charge in [0, 0.05) is 16.0 Å². The van der Waals surface area contributed by atoms with Gasteiger partial charge >= 0.3 is 5.97 Å². The lowest BCUT2D eigenvalue weighted by Crippen LogP contribution is -2.25. The average Bonchev–Trinajstić information content (AvgIpc) is 2.90. The second-order valence-corrected chi connectivity index (χ2v) is 5.44. The van der Waals surface area contributed by atoms with E-state index in [0.29, 0.717) is 5.01 Å². The standard InChI is InChI=1S/C13H10ClFN2O3S/c14-8-2-1-3-9(15)7(8)4-11(18)16-5-12-17-10(6-21-12)13(19)20/h1-3,6H,4-5H2,(H,16,18)(H,19,20). The third-order valence-electron chi connectivity index (χ3n) is 2.61. The Morgan fingerprint density at radius 1 is 1.43 bits per heavy atom. The topological polar surface area (TPSA) is 79.3 Å². The summed E-state index contributed by atoms with van der Waals surface area (Å²) < 4.78 is 13.5. The Hall–Kier alpha value is -1.99. The van der Waals surface area contributed by atoms with Crippen molar-refractivity contribution in [3.8, 4) is 0 Å². The number of thiazole rings is 1. The first-order valence-electron chi connectivity index (χ1n) is 5.84. The van der Waals surface area contributed by atoms with Crippen molar-refractivity contribution in [2.45, 2.75) is 13.0 Å². The summed E-state index contributed by atoms with van der Waals surface area (Å²) in [6.45, 7) is 0.0862. The second-order valence-electron chi connectivity index (χ2n) is 4.09. The number of carboxylic acids is 1. The molecule has 0 saturated heterocycles. The fourth-order valence-electron chi connectivity index (χ4n) is 1.59. The molecule has 0 saturated carbocycles. The van der Waals surface area contributed by atoms with E-state index in [-0.39, 0.29) is 29.2 Å². The number of halogens is 2. The molecule has 0 unspecified atom stereocenters. The molecule has 1 aromatic heterocycles. The van der Waals surface area contributed by atoms with Gasteiger partial charge in [-0.15, -0.1) is 11.3 Å². The van der Waals surface area contributed by atoms with Gasteiger partial charge < -0.3 is 10.4 Å². The van der Waals surface area contributed by atoms with E-state index in [2.05, 4.69) is 10.3 Å². The Balaban J connectivity index is 1.94. The molecule has 0 radical (unpaired) electrons. The summed E-state index contributed by atoms with van der Waals surface area (Å²) in [5.41, 5.74) is 0.0587. The Morgan fingerprint density at radius 2 is 2.19 bits per heavy atom. The van der Waals surface area contributed by atoms with Crippen LogP contribution in [0.1, 0.15) is 21.1 Å². The van der Waals surface area contributed by atoms with Crippen LogP contribution < -0.4 is 5.32 Å². The number of carboxylic acid groups (broad SMARTS) is 1. The number of carbonyl (C=O) groups is 2. The molecule has 8 heteroatoms. The van der Waals surface area contributed by atoms with Crippen LogP contribution in [0.5, 0.6) is 0 Å². The van der Waals surface area contributed by atoms with E-state index in [0.717, 1.165) is 11.3 Å². The summed E-state index contributed by atoms with van der Waals surface area (Å²) >= 11 is 6.96. The van der Waals surface area contributed by atoms with E-state index in [9.17, 15) is 14.0 Å². The fourth-order valence-corrected chi connectivity index (χ4v) is 2.53. The van der Waals surface area contributed by atoms with Crippen molar-refractivity contribution < 1.29 is 19.1 Å². The van der Waals surface area contributed by atoms with Gasteiger partial charge in [-0.1, -0.05) is 17.7 Å². The fraction of sp³-hybridized carbons (Fsp3) is 0.154. The first-order valence-corrected chi connectivity index (χ1v) is 7.10. The minimum absolute atomic E-state index is 0.0682. The van der Waals surface area contributed by atoms with E-state index >= 15 is 0 Å². The maximum absolute atomic E-state index is 13.5. The highest BCUT2D eigenvalue weighted by molar-refractivity contribution is 7.09. The molecule has 0 bridgehead atoms. The van der Waals surface area contributed by atoms with Gasteiger partial charge in [0.2, 0.25) is 5.91 Å². The lowest BCUT2D eigenvalue weighted by Gasteiger charge is -2.06. The van der Waals surface area contributed by atoms with E-state index in [4.69, 9.17) is 16.7 Å². The molecule has 0 aliphatic rings. The summed E-state index contributed by atoms with van der Waals surface area (Å²) in [7, 11) is 0. The monoisotopic (exact) mass is 328 g/mol. The van der Waals surface area contributed by atoms with E-state index in [1.165, 1.54) is 23.6 Å². The molecule has 2 rings (SSSR count). The lowest BCUT2D eigenvalue weighted by molar-refractivity contribution is -0.120. The molecule has 0 atom stereocenters. The van der Waals surface area contributed by atoms with Crippen LogP contribution in [0.4, 0.5) is 4.39 Å². The number of nitrogens with one attached hydrogen (secondary N) is 1. The molecule has 110 valence electrons. The van der Waals surface area contributed by atoms with Crippen LogP contribution in [0.2, 0.25) is 5.02 Å². The average molecular weight is 329 g/mol. The molecule has 21 heavy (non-hydrogen) atoms. The van der Waals surface area contributed by atoms with Crippen molar-refractivity contribution >= 4 is 34.8 Å². The summed E-state index contributed by atoms with van der Waals surface area (Å²) in [5.74, 6) is -2.09. The Labute approximate surface area is 128 Å². The smallest absolute Gasteiger partial charge is 0.355 e. The molecule has 1 heterocycles. The van der Waals surface area contributed by atoms with Gasteiger partial charge in [0.25, 0.3) is 0 Å². The van der Waals surface area contributed by atoms with Crippen LogP contribution in [0.15, 0.2) is 23.6 Å². The summed E-state index contributed by atoms with van der Waals surface area (Å²) in [6, 6.07) is 4.20. The molecule has 1 aromatic carbocycles. The van der Waals surface area contributed by atoms with Crippen molar-refractivity contribution in [2.24, 2.45) is 0 Å². The first kappa shape index (κ1) is 15.4. The number of amides is 1. The molecular weight excluding hydrogens is 319 g/mol. The van der Waals surface area contributed by atoms with E-state index in [1.54, 1.807) is 0 Å².